The minimum Gasteiger partial charge on any atom is -1.00 e. The predicted molar refractivity (Wildman–Crippen MR) is 142 cm³/mol. The number of para-hydroxylation sites is 2. The lowest BCUT2D eigenvalue weighted by Gasteiger charge is -2.29. The molecule has 5 aromatic rings. The van der Waals surface area contributed by atoms with E-state index in [9.17, 15) is 0 Å². The molecule has 1 aliphatic rings. The predicted octanol–water partition coefficient (Wildman–Crippen LogP) is 2.80. The number of halogens is 1. The maximum absolute atomic E-state index is 5.61. The van der Waals surface area contributed by atoms with Crippen molar-refractivity contribution < 1.29 is 33.3 Å². The van der Waals surface area contributed by atoms with E-state index in [0.29, 0.717) is 0 Å². The molecule has 1 aliphatic heterocycles. The quantitative estimate of drug-likeness (QED) is 0.243. The number of aryl methyl sites for hydroxylation is 2. The SMILES string of the molecule is CCn1c2ccccc2c2cc(/C=C/c3cc(N4CCOCC4)c4ccccc4[n+]3C)ccc21.[I-]. The van der Waals surface area contributed by atoms with Gasteiger partial charge in [0, 0.05) is 59.6 Å². The van der Waals surface area contributed by atoms with E-state index in [1.54, 1.807) is 0 Å². The number of hydrogen-bond acceptors (Lipinski definition) is 2. The number of rotatable bonds is 4. The molecule has 3 heterocycles. The van der Waals surface area contributed by atoms with Crippen molar-refractivity contribution in [2.75, 3.05) is 31.2 Å². The molecular formula is C30H30IN3O. The number of ether oxygens (including phenoxy) is 1. The van der Waals surface area contributed by atoms with Gasteiger partial charge in [-0.2, -0.15) is 4.57 Å². The van der Waals surface area contributed by atoms with Crippen LogP contribution in [0.15, 0.2) is 72.8 Å². The molecule has 0 saturated carbocycles. The molecule has 4 nitrogen and oxygen atoms in total. The first-order chi connectivity index (χ1) is 16.7. The van der Waals surface area contributed by atoms with Crippen molar-refractivity contribution in [3.63, 3.8) is 0 Å². The van der Waals surface area contributed by atoms with E-state index >= 15 is 0 Å². The summed E-state index contributed by atoms with van der Waals surface area (Å²) >= 11 is 0. The van der Waals surface area contributed by atoms with Crippen LogP contribution in [0.1, 0.15) is 18.2 Å². The summed E-state index contributed by atoms with van der Waals surface area (Å²) in [6, 6.07) is 26.5. The van der Waals surface area contributed by atoms with Crippen molar-refractivity contribution in [1.82, 2.24) is 4.57 Å². The van der Waals surface area contributed by atoms with E-state index in [4.69, 9.17) is 4.74 Å². The van der Waals surface area contributed by atoms with Crippen LogP contribution in [-0.4, -0.2) is 30.9 Å². The molecule has 6 rings (SSSR count). The summed E-state index contributed by atoms with van der Waals surface area (Å²) in [7, 11) is 2.16. The lowest BCUT2D eigenvalue weighted by molar-refractivity contribution is -0.646. The zero-order chi connectivity index (χ0) is 23.1. The Morgan fingerprint density at radius 2 is 1.54 bits per heavy atom. The molecule has 0 bridgehead atoms. The van der Waals surface area contributed by atoms with Gasteiger partial charge in [0.1, 0.15) is 7.05 Å². The summed E-state index contributed by atoms with van der Waals surface area (Å²) in [6.45, 7) is 6.61. The molecular weight excluding hydrogens is 545 g/mol. The minimum atomic E-state index is 0. The zero-order valence-electron chi connectivity index (χ0n) is 20.2. The Kier molecular flexibility index (Phi) is 6.80. The molecule has 0 aliphatic carbocycles. The van der Waals surface area contributed by atoms with Crippen molar-refractivity contribution in [2.45, 2.75) is 13.5 Å². The Morgan fingerprint density at radius 3 is 2.34 bits per heavy atom. The lowest BCUT2D eigenvalue weighted by atomic mass is 10.1. The number of benzene rings is 3. The number of hydrogen-bond donors (Lipinski definition) is 0. The zero-order valence-corrected chi connectivity index (χ0v) is 22.4. The maximum atomic E-state index is 5.61. The molecule has 0 N–H and O–H groups in total. The van der Waals surface area contributed by atoms with Crippen molar-refractivity contribution in [3.8, 4) is 0 Å². The van der Waals surface area contributed by atoms with E-state index in [0.717, 1.165) is 32.8 Å². The van der Waals surface area contributed by atoms with Crippen LogP contribution < -0.4 is 33.4 Å². The van der Waals surface area contributed by atoms with Gasteiger partial charge >= 0.3 is 0 Å². The van der Waals surface area contributed by atoms with E-state index in [2.05, 4.69) is 113 Å². The molecule has 2 aromatic heterocycles. The van der Waals surface area contributed by atoms with Gasteiger partial charge in [0.25, 0.3) is 0 Å². The van der Waals surface area contributed by atoms with Gasteiger partial charge in [0.15, 0.2) is 0 Å². The topological polar surface area (TPSA) is 21.3 Å². The second kappa shape index (κ2) is 9.99. The molecule has 0 radical (unpaired) electrons. The third kappa shape index (κ3) is 4.21. The summed E-state index contributed by atoms with van der Waals surface area (Å²) < 4.78 is 10.3. The molecule has 0 atom stereocenters. The first kappa shape index (κ1) is 23.8. The van der Waals surface area contributed by atoms with Gasteiger partial charge in [-0.15, -0.1) is 0 Å². The molecule has 35 heavy (non-hydrogen) atoms. The van der Waals surface area contributed by atoms with Gasteiger partial charge in [0.2, 0.25) is 11.2 Å². The highest BCUT2D eigenvalue weighted by molar-refractivity contribution is 6.08. The van der Waals surface area contributed by atoms with Gasteiger partial charge in [-0.05, 0) is 42.8 Å². The van der Waals surface area contributed by atoms with Crippen molar-refractivity contribution in [3.05, 3.63) is 84.1 Å². The van der Waals surface area contributed by atoms with Gasteiger partial charge < -0.3 is 38.2 Å². The van der Waals surface area contributed by atoms with Crippen molar-refractivity contribution in [2.24, 2.45) is 7.05 Å². The van der Waals surface area contributed by atoms with E-state index in [-0.39, 0.29) is 24.0 Å². The third-order valence-corrected chi connectivity index (χ3v) is 7.12. The number of nitrogens with zero attached hydrogens (tertiary/aromatic N) is 3. The molecule has 0 unspecified atom stereocenters. The van der Waals surface area contributed by atoms with Crippen LogP contribution in [0.2, 0.25) is 0 Å². The Bertz CT molecular complexity index is 1550. The van der Waals surface area contributed by atoms with Crippen molar-refractivity contribution >= 4 is 50.5 Å². The average molecular weight is 575 g/mol. The van der Waals surface area contributed by atoms with E-state index < -0.39 is 0 Å². The van der Waals surface area contributed by atoms with Crippen LogP contribution in [0.25, 0.3) is 44.9 Å². The molecule has 3 aromatic carbocycles. The monoisotopic (exact) mass is 575 g/mol. The summed E-state index contributed by atoms with van der Waals surface area (Å²) in [5.41, 5.74) is 7.54. The fourth-order valence-corrected chi connectivity index (χ4v) is 5.36. The molecule has 178 valence electrons. The fourth-order valence-electron chi connectivity index (χ4n) is 5.36. The molecule has 0 spiro atoms. The van der Waals surface area contributed by atoms with E-state index in [1.807, 2.05) is 0 Å². The highest BCUT2D eigenvalue weighted by atomic mass is 127. The second-order valence-electron chi connectivity index (χ2n) is 9.00. The Labute approximate surface area is 223 Å². The Balaban J connectivity index is 0.00000253. The van der Waals surface area contributed by atoms with Crippen LogP contribution in [0.4, 0.5) is 5.69 Å². The second-order valence-corrected chi connectivity index (χ2v) is 9.00. The number of fused-ring (bicyclic) bond motifs is 4. The first-order valence-electron chi connectivity index (χ1n) is 12.2. The number of aromatic nitrogens is 2. The highest BCUT2D eigenvalue weighted by Crippen LogP contribution is 2.31. The number of anilines is 1. The minimum absolute atomic E-state index is 0. The standard InChI is InChI=1S/C30H30N3O.HI/c1-3-33-28-11-7-4-8-24(28)26-20-22(13-15-29(26)33)12-14-23-21-30(32-16-18-34-19-17-32)25-9-5-6-10-27(25)31(23)2;/h4-15,20-21H,3,16-19H2,1-2H3;1H/q+1;/p-1. The molecule has 1 saturated heterocycles. The maximum Gasteiger partial charge on any atom is 0.214 e. The average Bonchev–Trinajstić information content (AvgIpc) is 3.22. The van der Waals surface area contributed by atoms with Gasteiger partial charge in [-0.1, -0.05) is 36.4 Å². The normalized spacial score (nSPS) is 14.3. The molecule has 5 heteroatoms. The molecule has 1 fully saturated rings. The third-order valence-electron chi connectivity index (χ3n) is 7.12. The summed E-state index contributed by atoms with van der Waals surface area (Å²) in [6.07, 6.45) is 4.49. The van der Waals surface area contributed by atoms with Crippen LogP contribution in [0.5, 0.6) is 0 Å². The van der Waals surface area contributed by atoms with Gasteiger partial charge in [-0.3, -0.25) is 0 Å². The van der Waals surface area contributed by atoms with Crippen LogP contribution in [0.3, 0.4) is 0 Å². The summed E-state index contributed by atoms with van der Waals surface area (Å²) in [4.78, 5) is 2.45. The van der Waals surface area contributed by atoms with Crippen LogP contribution >= 0.6 is 0 Å². The number of pyridine rings is 1. The smallest absolute Gasteiger partial charge is 0.214 e. The first-order valence-corrected chi connectivity index (χ1v) is 12.2. The molecule has 0 amide bonds. The Morgan fingerprint density at radius 1 is 0.829 bits per heavy atom. The Hall–Kier alpha value is -2.90. The fraction of sp³-hybridized carbons (Fsp3) is 0.233. The van der Waals surface area contributed by atoms with Crippen LogP contribution in [0, 0.1) is 0 Å². The highest BCUT2D eigenvalue weighted by Gasteiger charge is 2.20. The number of morpholine rings is 1. The van der Waals surface area contributed by atoms with Gasteiger partial charge in [0.05, 0.1) is 24.3 Å². The summed E-state index contributed by atoms with van der Waals surface area (Å²) in [5.74, 6) is 0. The lowest BCUT2D eigenvalue weighted by Crippen LogP contribution is -3.00. The largest absolute Gasteiger partial charge is 1.00 e. The van der Waals surface area contributed by atoms with Crippen LogP contribution in [-0.2, 0) is 18.3 Å². The van der Waals surface area contributed by atoms with Gasteiger partial charge in [-0.25, -0.2) is 0 Å². The van der Waals surface area contributed by atoms with E-state index in [1.165, 1.54) is 49.7 Å². The summed E-state index contributed by atoms with van der Waals surface area (Å²) in [5, 5.41) is 3.93. The van der Waals surface area contributed by atoms with Crippen molar-refractivity contribution in [1.29, 1.82) is 0 Å².